The third kappa shape index (κ3) is 3.74. The van der Waals surface area contributed by atoms with E-state index in [-0.39, 0.29) is 0 Å². The number of alkyl halides is 6. The molecular weight excluding hydrogens is 286 g/mol. The molecule has 0 saturated heterocycles. The number of ether oxygens (including phenoxy) is 1. The van der Waals surface area contributed by atoms with Gasteiger partial charge >= 0.3 is 29.9 Å². The second-order valence-electron chi connectivity index (χ2n) is 3.97. The maximum atomic E-state index is 12.6. The summed E-state index contributed by atoms with van der Waals surface area (Å²) in [7, 11) is 0. The molecular formula is C9H10F6O4. The third-order valence-corrected chi connectivity index (χ3v) is 2.06. The minimum atomic E-state index is -6.10. The molecule has 0 aliphatic heterocycles. The number of rotatable bonds is 4. The van der Waals surface area contributed by atoms with Crippen LogP contribution in [0.3, 0.4) is 0 Å². The molecule has 0 heterocycles. The van der Waals surface area contributed by atoms with E-state index in [9.17, 15) is 35.9 Å². The fraction of sp³-hybridized carbons (Fsp3) is 0.778. The van der Waals surface area contributed by atoms with E-state index in [1.54, 1.807) is 0 Å². The van der Waals surface area contributed by atoms with E-state index in [0.29, 0.717) is 0 Å². The largest absolute Gasteiger partial charge is 0.481 e. The van der Waals surface area contributed by atoms with Crippen LogP contribution in [-0.2, 0) is 14.3 Å². The van der Waals surface area contributed by atoms with Crippen LogP contribution in [0.25, 0.3) is 0 Å². The van der Waals surface area contributed by atoms with Crippen molar-refractivity contribution in [2.75, 3.05) is 0 Å². The molecule has 0 aliphatic rings. The zero-order valence-corrected chi connectivity index (χ0v) is 9.72. The van der Waals surface area contributed by atoms with Crippen LogP contribution < -0.4 is 0 Å². The van der Waals surface area contributed by atoms with Gasteiger partial charge in [-0.05, 0) is 0 Å². The van der Waals surface area contributed by atoms with Crippen molar-refractivity contribution in [2.24, 2.45) is 5.92 Å². The molecule has 0 amide bonds. The predicted molar refractivity (Wildman–Crippen MR) is 48.0 cm³/mol. The smallest absolute Gasteiger partial charge is 0.438 e. The number of aliphatic carboxylic acids is 1. The Morgan fingerprint density at radius 3 is 1.63 bits per heavy atom. The van der Waals surface area contributed by atoms with E-state index in [0.717, 1.165) is 13.8 Å². The van der Waals surface area contributed by atoms with Gasteiger partial charge in [0, 0.05) is 0 Å². The summed E-state index contributed by atoms with van der Waals surface area (Å²) < 4.78 is 79.0. The molecule has 0 aromatic carbocycles. The quantitative estimate of drug-likeness (QED) is 0.639. The Hall–Kier alpha value is -1.48. The second kappa shape index (κ2) is 5.25. The van der Waals surface area contributed by atoms with Crippen molar-refractivity contribution < 1.29 is 45.8 Å². The Morgan fingerprint density at radius 2 is 1.42 bits per heavy atom. The minimum Gasteiger partial charge on any atom is -0.481 e. The van der Waals surface area contributed by atoms with E-state index >= 15 is 0 Å². The highest BCUT2D eigenvalue weighted by Gasteiger charge is 2.75. The van der Waals surface area contributed by atoms with E-state index in [4.69, 9.17) is 5.11 Å². The normalized spacial score (nSPS) is 13.5. The van der Waals surface area contributed by atoms with Gasteiger partial charge in [-0.2, -0.15) is 26.3 Å². The zero-order chi connectivity index (χ0) is 15.6. The zero-order valence-electron chi connectivity index (χ0n) is 9.72. The standard InChI is InChI=1S/C9H10F6O4/c1-4(2)6(18)19-7(3-5(16)17,8(10,11)12)9(13,14)15/h4H,3H2,1-2H3,(H,16,17). The summed E-state index contributed by atoms with van der Waals surface area (Å²) in [5, 5.41) is 8.24. The van der Waals surface area contributed by atoms with Crippen molar-refractivity contribution in [2.45, 2.75) is 38.2 Å². The summed E-state index contributed by atoms with van der Waals surface area (Å²) in [5.74, 6) is -5.47. The number of carbonyl (C=O) groups is 2. The van der Waals surface area contributed by atoms with Gasteiger partial charge in [0.15, 0.2) is 0 Å². The number of esters is 1. The lowest BCUT2D eigenvalue weighted by Crippen LogP contribution is -2.61. The summed E-state index contributed by atoms with van der Waals surface area (Å²) >= 11 is 0. The molecule has 0 radical (unpaired) electrons. The van der Waals surface area contributed by atoms with E-state index in [1.807, 2.05) is 0 Å². The van der Waals surface area contributed by atoms with E-state index < -0.39 is 42.2 Å². The number of hydrogen-bond acceptors (Lipinski definition) is 3. The van der Waals surface area contributed by atoms with Crippen LogP contribution in [0.15, 0.2) is 0 Å². The van der Waals surface area contributed by atoms with Gasteiger partial charge in [0.2, 0.25) is 0 Å². The van der Waals surface area contributed by atoms with Gasteiger partial charge in [-0.15, -0.1) is 0 Å². The van der Waals surface area contributed by atoms with Gasteiger partial charge in [0.1, 0.15) is 6.42 Å². The SMILES string of the molecule is CC(C)C(=O)OC(CC(=O)O)(C(F)(F)F)C(F)(F)F. The van der Waals surface area contributed by atoms with Crippen LogP contribution in [0.2, 0.25) is 0 Å². The highest BCUT2D eigenvalue weighted by molar-refractivity contribution is 5.74. The molecule has 0 atom stereocenters. The maximum Gasteiger partial charge on any atom is 0.438 e. The van der Waals surface area contributed by atoms with Crippen molar-refractivity contribution in [3.63, 3.8) is 0 Å². The van der Waals surface area contributed by atoms with Gasteiger partial charge in [-0.25, -0.2) is 0 Å². The van der Waals surface area contributed by atoms with E-state index in [1.165, 1.54) is 0 Å². The average molecular weight is 296 g/mol. The van der Waals surface area contributed by atoms with Crippen LogP contribution in [0.4, 0.5) is 26.3 Å². The van der Waals surface area contributed by atoms with Gasteiger partial charge in [-0.3, -0.25) is 9.59 Å². The summed E-state index contributed by atoms with van der Waals surface area (Å²) in [5.41, 5.74) is -5.05. The number of carboxylic acids is 1. The molecule has 19 heavy (non-hydrogen) atoms. The highest BCUT2D eigenvalue weighted by atomic mass is 19.4. The molecule has 0 bridgehead atoms. The molecule has 112 valence electrons. The van der Waals surface area contributed by atoms with Crippen molar-refractivity contribution >= 4 is 11.9 Å². The molecule has 0 rings (SSSR count). The van der Waals surface area contributed by atoms with Gasteiger partial charge < -0.3 is 9.84 Å². The van der Waals surface area contributed by atoms with Crippen molar-refractivity contribution in [3.05, 3.63) is 0 Å². The summed E-state index contributed by atoms with van der Waals surface area (Å²) in [6, 6.07) is 0. The number of halogens is 6. The number of hydrogen-bond donors (Lipinski definition) is 1. The van der Waals surface area contributed by atoms with Crippen LogP contribution in [-0.4, -0.2) is 35.0 Å². The molecule has 0 aromatic heterocycles. The molecule has 0 saturated carbocycles. The molecule has 1 N–H and O–H groups in total. The van der Waals surface area contributed by atoms with Crippen molar-refractivity contribution in [1.29, 1.82) is 0 Å². The molecule has 10 heteroatoms. The van der Waals surface area contributed by atoms with Gasteiger partial charge in [0.25, 0.3) is 0 Å². The van der Waals surface area contributed by atoms with Crippen LogP contribution in [0, 0.1) is 5.92 Å². The van der Waals surface area contributed by atoms with Crippen LogP contribution >= 0.6 is 0 Å². The third-order valence-electron chi connectivity index (χ3n) is 2.06. The Bertz CT molecular complexity index is 343. The van der Waals surface area contributed by atoms with Gasteiger partial charge in [0.05, 0.1) is 5.92 Å². The fourth-order valence-electron chi connectivity index (χ4n) is 1.02. The van der Waals surface area contributed by atoms with Crippen molar-refractivity contribution in [3.8, 4) is 0 Å². The predicted octanol–water partition coefficient (Wildman–Crippen LogP) is 2.52. The highest BCUT2D eigenvalue weighted by Crippen LogP contribution is 2.48. The molecule has 0 fully saturated rings. The Kier molecular flexibility index (Phi) is 4.84. The summed E-state index contributed by atoms with van der Waals surface area (Å²) in [6.07, 6.45) is -14.7. The average Bonchev–Trinajstić information content (AvgIpc) is 2.11. The van der Waals surface area contributed by atoms with Crippen LogP contribution in [0.1, 0.15) is 20.3 Å². The molecule has 0 spiro atoms. The number of carbonyl (C=O) groups excluding carboxylic acids is 1. The summed E-state index contributed by atoms with van der Waals surface area (Å²) in [4.78, 5) is 21.3. The lowest BCUT2D eigenvalue weighted by atomic mass is 9.97. The lowest BCUT2D eigenvalue weighted by Gasteiger charge is -2.35. The maximum absolute atomic E-state index is 12.6. The second-order valence-corrected chi connectivity index (χ2v) is 3.97. The fourth-order valence-corrected chi connectivity index (χ4v) is 1.02. The monoisotopic (exact) mass is 296 g/mol. The first-order valence-corrected chi connectivity index (χ1v) is 4.82. The first-order valence-electron chi connectivity index (χ1n) is 4.82. The summed E-state index contributed by atoms with van der Waals surface area (Å²) in [6.45, 7) is 2.03. The Labute approximate surface area is 103 Å². The Balaban J connectivity index is 5.79. The number of carboxylic acid groups (broad SMARTS) is 1. The first-order chi connectivity index (χ1) is 8.24. The van der Waals surface area contributed by atoms with E-state index in [2.05, 4.69) is 4.74 Å². The van der Waals surface area contributed by atoms with Crippen LogP contribution in [0.5, 0.6) is 0 Å². The lowest BCUT2D eigenvalue weighted by molar-refractivity contribution is -0.370. The molecule has 4 nitrogen and oxygen atoms in total. The molecule has 0 aliphatic carbocycles. The molecule has 0 unspecified atom stereocenters. The molecule has 0 aromatic rings. The minimum absolute atomic E-state index is 1.01. The van der Waals surface area contributed by atoms with Crippen molar-refractivity contribution in [1.82, 2.24) is 0 Å². The Morgan fingerprint density at radius 1 is 1.05 bits per heavy atom. The van der Waals surface area contributed by atoms with Gasteiger partial charge in [-0.1, -0.05) is 13.8 Å². The first kappa shape index (κ1) is 17.5. The topological polar surface area (TPSA) is 63.6 Å².